The highest BCUT2D eigenvalue weighted by molar-refractivity contribution is 4.82. The number of rotatable bonds is 6. The minimum atomic E-state index is 0.346. The van der Waals surface area contributed by atoms with Crippen molar-refractivity contribution in [2.45, 2.75) is 40.2 Å². The fraction of sp³-hybridized carbons (Fsp3) is 1.00. The van der Waals surface area contributed by atoms with Gasteiger partial charge in [-0.3, -0.25) is 0 Å². The maximum absolute atomic E-state index is 3.33. The second kappa shape index (κ2) is 5.61. The van der Waals surface area contributed by atoms with Crippen LogP contribution in [0.5, 0.6) is 0 Å². The zero-order valence-corrected chi connectivity index (χ0v) is 10.1. The lowest BCUT2D eigenvalue weighted by atomic mass is 9.85. The Morgan fingerprint density at radius 1 is 1.38 bits per heavy atom. The van der Waals surface area contributed by atoms with Gasteiger partial charge < -0.3 is 10.2 Å². The van der Waals surface area contributed by atoms with Crippen LogP contribution < -0.4 is 5.32 Å². The Balaban J connectivity index is 3.99. The first-order valence-corrected chi connectivity index (χ1v) is 5.30. The van der Waals surface area contributed by atoms with Gasteiger partial charge in [-0.25, -0.2) is 0 Å². The second-order valence-electron chi connectivity index (χ2n) is 4.74. The molecule has 0 aliphatic carbocycles. The van der Waals surface area contributed by atoms with Crippen LogP contribution in [-0.4, -0.2) is 38.1 Å². The third-order valence-electron chi connectivity index (χ3n) is 2.89. The van der Waals surface area contributed by atoms with Gasteiger partial charge in [0, 0.05) is 12.6 Å². The topological polar surface area (TPSA) is 15.3 Å². The summed E-state index contributed by atoms with van der Waals surface area (Å²) in [6, 6.07) is 0.562. The number of nitrogens with one attached hydrogen (secondary N) is 1. The summed E-state index contributed by atoms with van der Waals surface area (Å²) in [5.41, 5.74) is 0.346. The SMILES string of the molecule is CCCN(C)CC(C)(C)C(C)NC. The van der Waals surface area contributed by atoms with Gasteiger partial charge in [-0.2, -0.15) is 0 Å². The van der Waals surface area contributed by atoms with E-state index in [-0.39, 0.29) is 0 Å². The van der Waals surface area contributed by atoms with Crippen LogP contribution in [0.3, 0.4) is 0 Å². The Morgan fingerprint density at radius 3 is 2.31 bits per heavy atom. The summed E-state index contributed by atoms with van der Waals surface area (Å²) >= 11 is 0. The van der Waals surface area contributed by atoms with E-state index in [0.717, 1.165) is 6.54 Å². The zero-order chi connectivity index (χ0) is 10.5. The zero-order valence-electron chi connectivity index (χ0n) is 10.1. The minimum Gasteiger partial charge on any atom is -0.317 e. The summed E-state index contributed by atoms with van der Waals surface area (Å²) in [4.78, 5) is 2.41. The lowest BCUT2D eigenvalue weighted by Crippen LogP contribution is -2.44. The van der Waals surface area contributed by atoms with Crippen molar-refractivity contribution in [3.8, 4) is 0 Å². The number of hydrogen-bond acceptors (Lipinski definition) is 2. The Hall–Kier alpha value is -0.0800. The van der Waals surface area contributed by atoms with Crippen molar-refractivity contribution in [1.29, 1.82) is 0 Å². The van der Waals surface area contributed by atoms with Crippen LogP contribution in [0, 0.1) is 5.41 Å². The first kappa shape index (κ1) is 12.9. The van der Waals surface area contributed by atoms with Crippen LogP contribution in [-0.2, 0) is 0 Å². The molecule has 0 saturated heterocycles. The molecule has 1 N–H and O–H groups in total. The van der Waals surface area contributed by atoms with Gasteiger partial charge in [0.25, 0.3) is 0 Å². The van der Waals surface area contributed by atoms with Crippen molar-refractivity contribution in [3.63, 3.8) is 0 Å². The third-order valence-corrected chi connectivity index (χ3v) is 2.89. The molecule has 0 saturated carbocycles. The first-order chi connectivity index (χ1) is 5.94. The van der Waals surface area contributed by atoms with Gasteiger partial charge in [-0.15, -0.1) is 0 Å². The lowest BCUT2D eigenvalue weighted by Gasteiger charge is -2.35. The number of hydrogen-bond donors (Lipinski definition) is 1. The highest BCUT2D eigenvalue weighted by Gasteiger charge is 2.25. The van der Waals surface area contributed by atoms with Crippen LogP contribution in [0.15, 0.2) is 0 Å². The van der Waals surface area contributed by atoms with E-state index in [0.29, 0.717) is 11.5 Å². The van der Waals surface area contributed by atoms with E-state index in [1.54, 1.807) is 0 Å². The summed E-state index contributed by atoms with van der Waals surface area (Å²) < 4.78 is 0. The maximum atomic E-state index is 3.33. The summed E-state index contributed by atoms with van der Waals surface area (Å²) in [5.74, 6) is 0. The monoisotopic (exact) mass is 186 g/mol. The molecule has 0 fully saturated rings. The molecule has 2 heteroatoms. The molecule has 0 aliphatic heterocycles. The van der Waals surface area contributed by atoms with Crippen molar-refractivity contribution < 1.29 is 0 Å². The molecule has 0 spiro atoms. The fourth-order valence-corrected chi connectivity index (χ4v) is 1.68. The Bertz CT molecular complexity index is 132. The van der Waals surface area contributed by atoms with Gasteiger partial charge in [-0.1, -0.05) is 20.8 Å². The van der Waals surface area contributed by atoms with Gasteiger partial charge in [0.2, 0.25) is 0 Å². The second-order valence-corrected chi connectivity index (χ2v) is 4.74. The molecule has 80 valence electrons. The van der Waals surface area contributed by atoms with Crippen molar-refractivity contribution in [2.75, 3.05) is 27.2 Å². The largest absolute Gasteiger partial charge is 0.317 e. The molecular weight excluding hydrogens is 160 g/mol. The van der Waals surface area contributed by atoms with E-state index >= 15 is 0 Å². The average molecular weight is 186 g/mol. The molecule has 0 radical (unpaired) electrons. The summed E-state index contributed by atoms with van der Waals surface area (Å²) in [5, 5.41) is 3.33. The van der Waals surface area contributed by atoms with E-state index in [1.807, 2.05) is 7.05 Å². The van der Waals surface area contributed by atoms with Gasteiger partial charge in [0.05, 0.1) is 0 Å². The molecule has 0 aromatic heterocycles. The summed E-state index contributed by atoms with van der Waals surface area (Å²) in [6.07, 6.45) is 1.24. The molecule has 0 aromatic rings. The molecular formula is C11H26N2. The van der Waals surface area contributed by atoms with E-state index in [9.17, 15) is 0 Å². The predicted octanol–water partition coefficient (Wildman–Crippen LogP) is 1.96. The van der Waals surface area contributed by atoms with Gasteiger partial charge in [-0.05, 0) is 39.4 Å². The lowest BCUT2D eigenvalue weighted by molar-refractivity contribution is 0.169. The third kappa shape index (κ3) is 4.63. The summed E-state index contributed by atoms with van der Waals surface area (Å²) in [6.45, 7) is 11.5. The van der Waals surface area contributed by atoms with Crippen molar-refractivity contribution in [3.05, 3.63) is 0 Å². The highest BCUT2D eigenvalue weighted by Crippen LogP contribution is 2.21. The van der Waals surface area contributed by atoms with Gasteiger partial charge in [0.1, 0.15) is 0 Å². The van der Waals surface area contributed by atoms with Crippen LogP contribution in [0.25, 0.3) is 0 Å². The van der Waals surface area contributed by atoms with Crippen LogP contribution in [0.4, 0.5) is 0 Å². The van der Waals surface area contributed by atoms with E-state index in [1.165, 1.54) is 13.0 Å². The normalized spacial score (nSPS) is 15.0. The smallest absolute Gasteiger partial charge is 0.00991 e. The molecule has 13 heavy (non-hydrogen) atoms. The van der Waals surface area contributed by atoms with Crippen LogP contribution in [0.2, 0.25) is 0 Å². The molecule has 0 aromatic carbocycles. The predicted molar refractivity (Wildman–Crippen MR) is 60.1 cm³/mol. The first-order valence-electron chi connectivity index (χ1n) is 5.30. The number of nitrogens with zero attached hydrogens (tertiary/aromatic N) is 1. The quantitative estimate of drug-likeness (QED) is 0.682. The van der Waals surface area contributed by atoms with E-state index in [4.69, 9.17) is 0 Å². The van der Waals surface area contributed by atoms with Crippen LogP contribution in [0.1, 0.15) is 34.1 Å². The summed E-state index contributed by atoms with van der Waals surface area (Å²) in [7, 11) is 4.24. The molecule has 1 atom stereocenters. The van der Waals surface area contributed by atoms with E-state index in [2.05, 4.69) is 45.0 Å². The highest BCUT2D eigenvalue weighted by atomic mass is 15.1. The maximum Gasteiger partial charge on any atom is 0.00991 e. The van der Waals surface area contributed by atoms with Gasteiger partial charge >= 0.3 is 0 Å². The standard InChI is InChI=1S/C11H26N2/c1-7-8-13(6)9-11(3,4)10(2)12-5/h10,12H,7-9H2,1-6H3. The molecule has 0 bridgehead atoms. The van der Waals surface area contributed by atoms with Crippen molar-refractivity contribution in [1.82, 2.24) is 10.2 Å². The molecule has 1 unspecified atom stereocenters. The minimum absolute atomic E-state index is 0.346. The van der Waals surface area contributed by atoms with Crippen molar-refractivity contribution in [2.24, 2.45) is 5.41 Å². The molecule has 0 heterocycles. The Morgan fingerprint density at radius 2 is 1.92 bits per heavy atom. The average Bonchev–Trinajstić information content (AvgIpc) is 2.02. The molecule has 0 aliphatic rings. The molecule has 0 rings (SSSR count). The molecule has 0 amide bonds. The van der Waals surface area contributed by atoms with Crippen LogP contribution >= 0.6 is 0 Å². The Kier molecular flexibility index (Phi) is 5.57. The van der Waals surface area contributed by atoms with E-state index < -0.39 is 0 Å². The molecule has 2 nitrogen and oxygen atoms in total. The van der Waals surface area contributed by atoms with Gasteiger partial charge in [0.15, 0.2) is 0 Å². The fourth-order valence-electron chi connectivity index (χ4n) is 1.68. The van der Waals surface area contributed by atoms with Crippen molar-refractivity contribution >= 4 is 0 Å². The Labute approximate surface area is 83.7 Å².